The Morgan fingerprint density at radius 2 is 1.28 bits per heavy atom. The van der Waals surface area contributed by atoms with Crippen molar-refractivity contribution >= 4 is 57.2 Å². The minimum absolute atomic E-state index is 0.0448. The molecule has 306 valence electrons. The molecule has 0 amide bonds. The third-order valence-electron chi connectivity index (χ3n) is 9.14. The van der Waals surface area contributed by atoms with E-state index in [1.807, 2.05) is 12.1 Å². The Kier molecular flexibility index (Phi) is 17.0. The number of aromatic nitrogens is 6. The van der Waals surface area contributed by atoms with E-state index in [0.29, 0.717) is 83.4 Å². The number of fused-ring (bicyclic) bond motifs is 2. The maximum atomic E-state index is 13.9. The SMILES string of the molecule is CCCC[C@H](CCC(C)=O)Nc1nc(N)nc2cc(F)cnc12.CCCC[C@H](CCC(C)=O)Nc1nc(NCc2ccc(OC)cc2OC)nc2cc(F)cnc12. The van der Waals surface area contributed by atoms with E-state index in [0.717, 1.165) is 56.5 Å². The largest absolute Gasteiger partial charge is 0.497 e. The van der Waals surface area contributed by atoms with Gasteiger partial charge >= 0.3 is 0 Å². The Labute approximate surface area is 332 Å². The average Bonchev–Trinajstić information content (AvgIpc) is 3.18. The van der Waals surface area contributed by atoms with Crippen molar-refractivity contribution in [3.05, 3.63) is 59.9 Å². The highest BCUT2D eigenvalue weighted by atomic mass is 19.1. The van der Waals surface area contributed by atoms with Gasteiger partial charge in [0.05, 0.1) is 37.6 Å². The van der Waals surface area contributed by atoms with Gasteiger partial charge < -0.3 is 40.7 Å². The molecule has 4 heterocycles. The third-order valence-corrected chi connectivity index (χ3v) is 9.14. The number of nitrogen functional groups attached to an aromatic ring is 1. The number of rotatable bonds is 21. The van der Waals surface area contributed by atoms with Crippen molar-refractivity contribution in [3.8, 4) is 11.5 Å². The van der Waals surface area contributed by atoms with Crippen molar-refractivity contribution < 1.29 is 27.8 Å². The Bertz CT molecular complexity index is 2100. The monoisotopic (exact) mass is 788 g/mol. The molecule has 14 nitrogen and oxygen atoms in total. The highest BCUT2D eigenvalue weighted by molar-refractivity contribution is 5.87. The summed E-state index contributed by atoms with van der Waals surface area (Å²) in [6.07, 6.45) is 10.6. The lowest BCUT2D eigenvalue weighted by atomic mass is 10.0. The van der Waals surface area contributed by atoms with E-state index in [4.69, 9.17) is 15.2 Å². The molecule has 0 aliphatic carbocycles. The number of unbranched alkanes of at least 4 members (excludes halogenated alkanes) is 2. The van der Waals surface area contributed by atoms with E-state index in [1.165, 1.54) is 12.1 Å². The van der Waals surface area contributed by atoms with Gasteiger partial charge in [0.25, 0.3) is 0 Å². The number of hydrogen-bond acceptors (Lipinski definition) is 14. The Hall–Kier alpha value is -5.80. The van der Waals surface area contributed by atoms with Crippen LogP contribution >= 0.6 is 0 Å². The fourth-order valence-electron chi connectivity index (χ4n) is 6.08. The number of anilines is 4. The van der Waals surface area contributed by atoms with E-state index >= 15 is 0 Å². The highest BCUT2D eigenvalue weighted by Gasteiger charge is 2.17. The van der Waals surface area contributed by atoms with Gasteiger partial charge in [0.15, 0.2) is 11.6 Å². The van der Waals surface area contributed by atoms with Crippen LogP contribution < -0.4 is 31.2 Å². The molecule has 4 aromatic heterocycles. The summed E-state index contributed by atoms with van der Waals surface area (Å²) in [7, 11) is 3.19. The second-order valence-electron chi connectivity index (χ2n) is 13.8. The summed E-state index contributed by atoms with van der Waals surface area (Å²) in [4.78, 5) is 48.4. The number of carbonyl (C=O) groups excluding carboxylic acids is 2. The second kappa shape index (κ2) is 22.1. The average molecular weight is 789 g/mol. The molecule has 0 saturated carbocycles. The number of methoxy groups -OCH3 is 2. The van der Waals surface area contributed by atoms with Gasteiger partial charge in [-0.05, 0) is 51.7 Å². The Morgan fingerprint density at radius 3 is 1.79 bits per heavy atom. The summed E-state index contributed by atoms with van der Waals surface area (Å²) in [5, 5.41) is 9.95. The Balaban J connectivity index is 0.000000273. The molecule has 0 bridgehead atoms. The Morgan fingerprint density at radius 1 is 0.737 bits per heavy atom. The van der Waals surface area contributed by atoms with E-state index in [-0.39, 0.29) is 29.6 Å². The van der Waals surface area contributed by atoms with Crippen LogP contribution in [0.5, 0.6) is 11.5 Å². The molecule has 1 aromatic carbocycles. The molecule has 57 heavy (non-hydrogen) atoms. The zero-order valence-corrected chi connectivity index (χ0v) is 33.6. The van der Waals surface area contributed by atoms with Crippen LogP contribution in [0.25, 0.3) is 22.1 Å². The summed E-state index contributed by atoms with van der Waals surface area (Å²) < 4.78 is 38.0. The molecule has 0 fully saturated rings. The number of halogens is 2. The van der Waals surface area contributed by atoms with Crippen LogP contribution in [0.15, 0.2) is 42.7 Å². The first-order valence-corrected chi connectivity index (χ1v) is 19.3. The molecule has 2 atom stereocenters. The number of Topliss-reactive ketones (excluding diaryl/α,β-unsaturated/α-hetero) is 2. The topological polar surface area (TPSA) is 192 Å². The zero-order chi connectivity index (χ0) is 41.3. The van der Waals surface area contributed by atoms with Gasteiger partial charge in [-0.15, -0.1) is 0 Å². The van der Waals surface area contributed by atoms with E-state index < -0.39 is 11.6 Å². The van der Waals surface area contributed by atoms with E-state index in [9.17, 15) is 18.4 Å². The van der Waals surface area contributed by atoms with Gasteiger partial charge in [-0.3, -0.25) is 0 Å². The maximum absolute atomic E-state index is 13.9. The number of nitrogens with two attached hydrogens (primary N) is 1. The lowest BCUT2D eigenvalue weighted by molar-refractivity contribution is -0.118. The van der Waals surface area contributed by atoms with Crippen molar-refractivity contribution in [2.45, 2.75) is 111 Å². The minimum atomic E-state index is -0.473. The maximum Gasteiger partial charge on any atom is 0.225 e. The van der Waals surface area contributed by atoms with Crippen molar-refractivity contribution in [2.24, 2.45) is 0 Å². The first-order valence-electron chi connectivity index (χ1n) is 19.3. The smallest absolute Gasteiger partial charge is 0.225 e. The van der Waals surface area contributed by atoms with Crippen LogP contribution in [0, 0.1) is 11.6 Å². The van der Waals surface area contributed by atoms with Crippen molar-refractivity contribution in [2.75, 3.05) is 35.9 Å². The normalized spacial score (nSPS) is 12.0. The number of ketones is 2. The number of nitrogens with zero attached hydrogens (tertiary/aromatic N) is 6. The predicted octanol–water partition coefficient (Wildman–Crippen LogP) is 8.22. The number of benzene rings is 1. The lowest BCUT2D eigenvalue weighted by Crippen LogP contribution is -2.22. The quantitative estimate of drug-likeness (QED) is 0.0556. The first kappa shape index (κ1) is 43.9. The van der Waals surface area contributed by atoms with Crippen LogP contribution in [0.1, 0.15) is 97.5 Å². The van der Waals surface area contributed by atoms with Crippen molar-refractivity contribution in [1.29, 1.82) is 0 Å². The van der Waals surface area contributed by atoms with Crippen molar-refractivity contribution in [3.63, 3.8) is 0 Å². The molecule has 16 heteroatoms. The second-order valence-corrected chi connectivity index (χ2v) is 13.8. The van der Waals surface area contributed by atoms with Crippen molar-refractivity contribution in [1.82, 2.24) is 29.9 Å². The standard InChI is InChI=1S/C25H32FN5O3.C16H22FN5O/c1-5-6-7-19(10-8-16(2)32)29-24-23-21(12-18(26)15-27-23)30-25(31-24)28-14-17-9-11-20(33-3)13-22(17)34-4;1-3-4-5-12(7-6-10(2)23)20-15-14-13(21-16(18)22-15)8-11(17)9-19-14/h9,11-13,15,19H,5-8,10,14H2,1-4H3,(H2,28,29,30,31);8-9,12H,3-7H2,1-2H3,(H3,18,20,21,22)/t19-;12-/m11/s1. The van der Waals surface area contributed by atoms with Gasteiger partial charge in [0.1, 0.15) is 45.7 Å². The van der Waals surface area contributed by atoms with Gasteiger partial charge in [-0.25, -0.2) is 28.7 Å². The lowest BCUT2D eigenvalue weighted by Gasteiger charge is -2.20. The summed E-state index contributed by atoms with van der Waals surface area (Å²) in [5.74, 6) is 2.11. The number of nitrogens with one attached hydrogen (secondary N) is 3. The fourth-order valence-corrected chi connectivity index (χ4v) is 6.08. The van der Waals surface area contributed by atoms with Gasteiger partial charge in [0, 0.05) is 55.2 Å². The van der Waals surface area contributed by atoms with Crippen LogP contribution in [0.4, 0.5) is 32.3 Å². The molecule has 0 spiro atoms. The third kappa shape index (κ3) is 13.7. The fraction of sp³-hybridized carbons (Fsp3) is 0.463. The first-order chi connectivity index (χ1) is 27.4. The van der Waals surface area contributed by atoms with Gasteiger partial charge in [-0.1, -0.05) is 39.5 Å². The molecule has 5 rings (SSSR count). The predicted molar refractivity (Wildman–Crippen MR) is 220 cm³/mol. The minimum Gasteiger partial charge on any atom is -0.497 e. The highest BCUT2D eigenvalue weighted by Crippen LogP contribution is 2.27. The summed E-state index contributed by atoms with van der Waals surface area (Å²) >= 11 is 0. The molecule has 0 saturated heterocycles. The molecular formula is C41H54F2N10O4. The molecule has 5 aromatic rings. The zero-order valence-electron chi connectivity index (χ0n) is 33.6. The molecule has 0 aliphatic rings. The number of carbonyl (C=O) groups is 2. The van der Waals surface area contributed by atoms with Gasteiger partial charge in [-0.2, -0.15) is 9.97 Å². The molecule has 5 N–H and O–H groups in total. The number of pyridine rings is 2. The van der Waals surface area contributed by atoms with Gasteiger partial charge in [0.2, 0.25) is 11.9 Å². The van der Waals surface area contributed by atoms with Crippen LogP contribution in [-0.2, 0) is 16.1 Å². The van der Waals surface area contributed by atoms with Crippen LogP contribution in [-0.4, -0.2) is 67.8 Å². The molecule has 0 aliphatic heterocycles. The summed E-state index contributed by atoms with van der Waals surface area (Å²) in [6, 6.07) is 8.30. The van der Waals surface area contributed by atoms with Crippen LogP contribution in [0.2, 0.25) is 0 Å². The van der Waals surface area contributed by atoms with E-state index in [1.54, 1.807) is 34.1 Å². The molecule has 0 unspecified atom stereocenters. The molecule has 0 radical (unpaired) electrons. The molecular weight excluding hydrogens is 735 g/mol. The summed E-state index contributed by atoms with van der Waals surface area (Å²) in [5.41, 5.74) is 8.31. The number of ether oxygens (including phenoxy) is 2. The number of hydrogen-bond donors (Lipinski definition) is 4. The van der Waals surface area contributed by atoms with E-state index in [2.05, 4.69) is 59.7 Å². The summed E-state index contributed by atoms with van der Waals surface area (Å²) in [6.45, 7) is 7.81. The van der Waals surface area contributed by atoms with Crippen LogP contribution in [0.3, 0.4) is 0 Å².